The highest BCUT2D eigenvalue weighted by molar-refractivity contribution is 5.97. The molecule has 0 bridgehead atoms. The van der Waals surface area contributed by atoms with E-state index in [4.69, 9.17) is 14.6 Å². The smallest absolute Gasteiger partial charge is 0.303 e. The molecule has 0 unspecified atom stereocenters. The van der Waals surface area contributed by atoms with E-state index in [2.05, 4.69) is 11.4 Å². The largest absolute Gasteiger partial charge is 0.497 e. The van der Waals surface area contributed by atoms with Crippen LogP contribution in [0.15, 0.2) is 36.4 Å². The number of carboxylic acid groups (broad SMARTS) is 1. The Balaban J connectivity index is 1.54. The number of aryl methyl sites for hydroxylation is 1. The highest BCUT2D eigenvalue weighted by atomic mass is 16.5. The molecule has 4 rings (SSSR count). The number of hydrogen-bond donors (Lipinski definition) is 2. The molecule has 1 spiro atoms. The molecule has 1 saturated carbocycles. The summed E-state index contributed by atoms with van der Waals surface area (Å²) in [5.74, 6) is 0.387. The van der Waals surface area contributed by atoms with Crippen molar-refractivity contribution in [2.75, 3.05) is 19.0 Å². The van der Waals surface area contributed by atoms with Gasteiger partial charge in [-0.05, 0) is 61.6 Å². The molecule has 0 aromatic heterocycles. The Kier molecular flexibility index (Phi) is 5.55. The molecule has 0 saturated heterocycles. The minimum absolute atomic E-state index is 0.0533. The average molecular weight is 420 g/mol. The number of carbonyl (C=O) groups excluding carboxylic acids is 1. The van der Waals surface area contributed by atoms with Crippen LogP contribution in [-0.2, 0) is 21.4 Å². The molecule has 2 aromatic carbocycles. The zero-order valence-electron chi connectivity index (χ0n) is 17.3. The van der Waals surface area contributed by atoms with Gasteiger partial charge in [-0.3, -0.25) is 9.59 Å². The zero-order valence-corrected chi connectivity index (χ0v) is 17.3. The Morgan fingerprint density at radius 3 is 2.90 bits per heavy atom. The quantitative estimate of drug-likeness (QED) is 0.708. The fourth-order valence-corrected chi connectivity index (χ4v) is 4.48. The number of nitrogens with one attached hydrogen (secondary N) is 1. The number of carbonyl (C=O) groups is 2. The van der Waals surface area contributed by atoms with Crippen molar-refractivity contribution in [3.8, 4) is 17.6 Å². The third-order valence-corrected chi connectivity index (χ3v) is 6.25. The molecule has 1 heterocycles. The third-order valence-electron chi connectivity index (χ3n) is 6.25. The van der Waals surface area contributed by atoms with Crippen molar-refractivity contribution in [2.24, 2.45) is 5.92 Å². The molecule has 1 fully saturated rings. The van der Waals surface area contributed by atoms with Gasteiger partial charge in [-0.15, -0.1) is 0 Å². The first-order valence-electron chi connectivity index (χ1n) is 10.3. The van der Waals surface area contributed by atoms with Crippen LogP contribution >= 0.6 is 0 Å². The van der Waals surface area contributed by atoms with E-state index < -0.39 is 5.97 Å². The number of methoxy groups -OCH3 is 1. The summed E-state index contributed by atoms with van der Waals surface area (Å²) in [5, 5.41) is 21.2. The SMILES string of the molecule is COc1ccc2c(c1)[C@]1(CCO2)C[C@H]1C(=O)Nc1cc(C#N)ccc1CCCC(=O)O. The normalized spacial score (nSPS) is 20.8. The van der Waals surface area contributed by atoms with E-state index in [1.54, 1.807) is 25.3 Å². The van der Waals surface area contributed by atoms with Gasteiger partial charge < -0.3 is 19.9 Å². The van der Waals surface area contributed by atoms with E-state index in [0.29, 0.717) is 30.7 Å². The summed E-state index contributed by atoms with van der Waals surface area (Å²) >= 11 is 0. The number of amides is 1. The molecule has 31 heavy (non-hydrogen) atoms. The van der Waals surface area contributed by atoms with E-state index in [-0.39, 0.29) is 23.7 Å². The molecule has 7 heteroatoms. The van der Waals surface area contributed by atoms with Gasteiger partial charge in [0.1, 0.15) is 11.5 Å². The summed E-state index contributed by atoms with van der Waals surface area (Å²) in [6.45, 7) is 0.563. The maximum absolute atomic E-state index is 13.2. The molecular weight excluding hydrogens is 396 g/mol. The van der Waals surface area contributed by atoms with Crippen molar-refractivity contribution in [3.05, 3.63) is 53.1 Å². The summed E-state index contributed by atoms with van der Waals surface area (Å²) < 4.78 is 11.1. The molecule has 160 valence electrons. The van der Waals surface area contributed by atoms with Gasteiger partial charge in [-0.2, -0.15) is 5.26 Å². The van der Waals surface area contributed by atoms with Crippen molar-refractivity contribution in [2.45, 2.75) is 37.5 Å². The number of hydrogen-bond acceptors (Lipinski definition) is 5. The van der Waals surface area contributed by atoms with E-state index in [9.17, 15) is 14.9 Å². The highest BCUT2D eigenvalue weighted by Gasteiger charge is 2.61. The lowest BCUT2D eigenvalue weighted by Crippen LogP contribution is -2.27. The first-order chi connectivity index (χ1) is 15.0. The number of aliphatic carboxylic acids is 1. The van der Waals surface area contributed by atoms with E-state index in [0.717, 1.165) is 35.5 Å². The summed E-state index contributed by atoms with van der Waals surface area (Å²) in [5.41, 5.74) is 2.60. The first-order valence-corrected chi connectivity index (χ1v) is 10.3. The second kappa shape index (κ2) is 8.31. The molecule has 1 aliphatic carbocycles. The number of fused-ring (bicyclic) bond motifs is 2. The maximum atomic E-state index is 13.2. The lowest BCUT2D eigenvalue weighted by Gasteiger charge is -2.27. The van der Waals surface area contributed by atoms with Gasteiger partial charge in [0, 0.05) is 29.0 Å². The lowest BCUT2D eigenvalue weighted by atomic mass is 9.87. The van der Waals surface area contributed by atoms with Crippen LogP contribution < -0.4 is 14.8 Å². The topological polar surface area (TPSA) is 109 Å². The summed E-state index contributed by atoms with van der Waals surface area (Å²) in [7, 11) is 1.61. The predicted molar refractivity (Wildman–Crippen MR) is 113 cm³/mol. The second-order valence-electron chi connectivity index (χ2n) is 8.09. The van der Waals surface area contributed by atoms with Crippen LogP contribution in [0, 0.1) is 17.2 Å². The second-order valence-corrected chi connectivity index (χ2v) is 8.09. The number of carboxylic acids is 1. The standard InChI is InChI=1S/C24H24N2O5/c1-30-17-7-8-21-18(12-17)24(9-10-31-21)13-19(24)23(29)26-20-11-15(14-25)5-6-16(20)3-2-4-22(27)28/h5-8,11-12,19H,2-4,9-10,13H2,1H3,(H,26,29)(H,27,28)/t19-,24-/m0/s1. The van der Waals surface area contributed by atoms with Gasteiger partial charge in [0.05, 0.1) is 25.3 Å². The first kappa shape index (κ1) is 20.7. The minimum atomic E-state index is -0.854. The molecule has 2 atom stereocenters. The van der Waals surface area contributed by atoms with Gasteiger partial charge in [0.15, 0.2) is 0 Å². The molecule has 1 aliphatic heterocycles. The third kappa shape index (κ3) is 4.06. The predicted octanol–water partition coefficient (Wildman–Crippen LogP) is 3.65. The van der Waals surface area contributed by atoms with Gasteiger partial charge in [0.2, 0.25) is 5.91 Å². The Morgan fingerprint density at radius 2 is 2.16 bits per heavy atom. The van der Waals surface area contributed by atoms with Crippen molar-refractivity contribution in [1.29, 1.82) is 5.26 Å². The fraction of sp³-hybridized carbons (Fsp3) is 0.375. The van der Waals surface area contributed by atoms with Crippen LogP contribution in [0.2, 0.25) is 0 Å². The number of anilines is 1. The Labute approximate surface area is 180 Å². The van der Waals surface area contributed by atoms with Crippen LogP contribution in [0.5, 0.6) is 11.5 Å². The van der Waals surface area contributed by atoms with Crippen LogP contribution in [0.25, 0.3) is 0 Å². The van der Waals surface area contributed by atoms with Crippen molar-refractivity contribution in [3.63, 3.8) is 0 Å². The average Bonchev–Trinajstić information content (AvgIpc) is 3.49. The number of rotatable bonds is 7. The molecule has 1 amide bonds. The van der Waals surface area contributed by atoms with E-state index in [1.807, 2.05) is 18.2 Å². The molecule has 2 aliphatic rings. The van der Waals surface area contributed by atoms with Crippen LogP contribution in [0.4, 0.5) is 5.69 Å². The zero-order chi connectivity index (χ0) is 22.0. The van der Waals surface area contributed by atoms with Gasteiger partial charge in [-0.1, -0.05) is 6.07 Å². The van der Waals surface area contributed by atoms with E-state index in [1.165, 1.54) is 0 Å². The molecule has 7 nitrogen and oxygen atoms in total. The molecular formula is C24H24N2O5. The van der Waals surface area contributed by atoms with E-state index >= 15 is 0 Å². The summed E-state index contributed by atoms with van der Waals surface area (Å²) in [4.78, 5) is 24.0. The van der Waals surface area contributed by atoms with Crippen molar-refractivity contribution >= 4 is 17.6 Å². The Hall–Kier alpha value is -3.53. The summed E-state index contributed by atoms with van der Waals surface area (Å²) in [6.07, 6.45) is 2.51. The van der Waals surface area contributed by atoms with Crippen LogP contribution in [0.3, 0.4) is 0 Å². The summed E-state index contributed by atoms with van der Waals surface area (Å²) in [6, 6.07) is 12.9. The Morgan fingerprint density at radius 1 is 1.32 bits per heavy atom. The van der Waals surface area contributed by atoms with Gasteiger partial charge in [0.25, 0.3) is 0 Å². The fourth-order valence-electron chi connectivity index (χ4n) is 4.48. The van der Waals surface area contributed by atoms with Crippen molar-refractivity contribution < 1.29 is 24.2 Å². The Bertz CT molecular complexity index is 1070. The van der Waals surface area contributed by atoms with Gasteiger partial charge >= 0.3 is 5.97 Å². The number of nitriles is 1. The number of ether oxygens (including phenoxy) is 2. The van der Waals surface area contributed by atoms with Crippen LogP contribution in [0.1, 0.15) is 42.4 Å². The minimum Gasteiger partial charge on any atom is -0.497 e. The molecule has 2 N–H and O–H groups in total. The van der Waals surface area contributed by atoms with Crippen LogP contribution in [-0.4, -0.2) is 30.7 Å². The van der Waals surface area contributed by atoms with Crippen molar-refractivity contribution in [1.82, 2.24) is 0 Å². The number of benzene rings is 2. The number of nitrogens with zero attached hydrogens (tertiary/aromatic N) is 1. The maximum Gasteiger partial charge on any atom is 0.303 e. The highest BCUT2D eigenvalue weighted by Crippen LogP contribution is 2.61. The molecule has 0 radical (unpaired) electrons. The molecule has 2 aromatic rings. The monoisotopic (exact) mass is 420 g/mol. The lowest BCUT2D eigenvalue weighted by molar-refractivity contribution is -0.137. The van der Waals surface area contributed by atoms with Gasteiger partial charge in [-0.25, -0.2) is 0 Å².